The molecule has 0 saturated carbocycles. The average molecular weight is 332 g/mol. The number of hydrogen-bond donors (Lipinski definition) is 3. The van der Waals surface area contributed by atoms with Crippen molar-refractivity contribution in [3.63, 3.8) is 0 Å². The fraction of sp³-hybridized carbons (Fsp3) is 0.467. The highest BCUT2D eigenvalue weighted by Gasteiger charge is 2.25. The molecule has 0 fully saturated rings. The normalized spacial score (nSPS) is 13.3. The summed E-state index contributed by atoms with van der Waals surface area (Å²) in [5, 5.41) is 4.89. The Labute approximate surface area is 132 Å². The van der Waals surface area contributed by atoms with E-state index in [1.807, 2.05) is 6.92 Å². The maximum Gasteiger partial charge on any atom is 0.282 e. The first-order valence-corrected chi connectivity index (χ1v) is 7.31. The summed E-state index contributed by atoms with van der Waals surface area (Å²) < 4.78 is 39.5. The number of hydrogen-bond acceptors (Lipinski definition) is 2. The first-order chi connectivity index (χ1) is 10.8. The lowest BCUT2D eigenvalue weighted by atomic mass is 10.2. The lowest BCUT2D eigenvalue weighted by molar-refractivity contribution is -0.885. The zero-order chi connectivity index (χ0) is 17.6. The molecule has 0 aliphatic carbocycles. The molecule has 0 spiro atoms. The number of amides is 2. The van der Waals surface area contributed by atoms with Gasteiger partial charge < -0.3 is 15.5 Å². The summed E-state index contributed by atoms with van der Waals surface area (Å²) in [5.74, 6) is -5.23. The minimum absolute atomic E-state index is 0.0643. The monoisotopic (exact) mass is 332 g/mol. The number of nitrogens with one attached hydrogen (secondary N) is 3. The van der Waals surface area contributed by atoms with E-state index in [-0.39, 0.29) is 12.5 Å². The van der Waals surface area contributed by atoms with Gasteiger partial charge in [0.25, 0.3) is 11.8 Å². The third-order valence-corrected chi connectivity index (χ3v) is 3.44. The molecule has 0 saturated heterocycles. The number of likely N-dealkylation sites (N-methyl/N-ethyl adjacent to an activating group) is 1. The molecule has 0 aromatic heterocycles. The summed E-state index contributed by atoms with van der Waals surface area (Å²) in [7, 11) is 1.64. The molecule has 3 N–H and O–H groups in total. The first kappa shape index (κ1) is 19.0. The second kappa shape index (κ2) is 8.52. The Morgan fingerprint density at radius 3 is 2.48 bits per heavy atom. The minimum atomic E-state index is -1.64. The Balaban J connectivity index is 2.66. The van der Waals surface area contributed by atoms with E-state index in [0.29, 0.717) is 11.4 Å². The third kappa shape index (κ3) is 5.24. The summed E-state index contributed by atoms with van der Waals surface area (Å²) in [6.07, 6.45) is 0.802. The van der Waals surface area contributed by atoms with Crippen molar-refractivity contribution in [2.75, 3.05) is 25.5 Å². The van der Waals surface area contributed by atoms with Crippen LogP contribution in [0.3, 0.4) is 0 Å². The Morgan fingerprint density at radius 2 is 1.87 bits per heavy atom. The van der Waals surface area contributed by atoms with Crippen molar-refractivity contribution in [1.82, 2.24) is 5.32 Å². The quantitative estimate of drug-likeness (QED) is 0.636. The number of halogens is 3. The van der Waals surface area contributed by atoms with Gasteiger partial charge in [0.2, 0.25) is 0 Å². The first-order valence-electron chi connectivity index (χ1n) is 7.31. The van der Waals surface area contributed by atoms with Crippen LogP contribution in [0.1, 0.15) is 20.3 Å². The van der Waals surface area contributed by atoms with Crippen molar-refractivity contribution >= 4 is 17.5 Å². The van der Waals surface area contributed by atoms with Gasteiger partial charge in [-0.3, -0.25) is 9.59 Å². The van der Waals surface area contributed by atoms with Crippen molar-refractivity contribution in [3.8, 4) is 0 Å². The van der Waals surface area contributed by atoms with Gasteiger partial charge in [-0.05, 0) is 25.5 Å². The summed E-state index contributed by atoms with van der Waals surface area (Å²) >= 11 is 0. The predicted octanol–water partition coefficient (Wildman–Crippen LogP) is 0.472. The van der Waals surface area contributed by atoms with Crippen LogP contribution in [-0.4, -0.2) is 38.0 Å². The molecule has 1 aromatic carbocycles. The van der Waals surface area contributed by atoms with Gasteiger partial charge in [-0.1, -0.05) is 6.92 Å². The van der Waals surface area contributed by atoms with Gasteiger partial charge in [-0.15, -0.1) is 0 Å². The van der Waals surface area contributed by atoms with Gasteiger partial charge in [-0.25, -0.2) is 13.2 Å². The zero-order valence-corrected chi connectivity index (χ0v) is 13.3. The number of anilines is 1. The molecule has 0 radical (unpaired) electrons. The van der Waals surface area contributed by atoms with Crippen LogP contribution in [0.15, 0.2) is 12.1 Å². The van der Waals surface area contributed by atoms with Crippen LogP contribution in [0.4, 0.5) is 18.9 Å². The van der Waals surface area contributed by atoms with Gasteiger partial charge >= 0.3 is 0 Å². The molecule has 1 unspecified atom stereocenters. The van der Waals surface area contributed by atoms with Crippen molar-refractivity contribution in [1.29, 1.82) is 0 Å². The van der Waals surface area contributed by atoms with Gasteiger partial charge in [0.1, 0.15) is 0 Å². The zero-order valence-electron chi connectivity index (χ0n) is 13.3. The van der Waals surface area contributed by atoms with Gasteiger partial charge in [0, 0.05) is 6.54 Å². The number of carbonyl (C=O) groups is 2. The smallest absolute Gasteiger partial charge is 0.282 e. The molecule has 0 bridgehead atoms. The lowest BCUT2D eigenvalue weighted by Gasteiger charge is -2.20. The number of rotatable bonds is 7. The molecule has 1 rings (SSSR count). The van der Waals surface area contributed by atoms with E-state index < -0.39 is 35.1 Å². The highest BCUT2D eigenvalue weighted by atomic mass is 19.2. The van der Waals surface area contributed by atoms with E-state index in [1.165, 1.54) is 0 Å². The average Bonchev–Trinajstić information content (AvgIpc) is 2.52. The SMILES string of the molecule is CCCNC(=O)C[NH+](C)[C@@H](C)C(=O)Nc1ccc(F)c(F)c1F. The number of carbonyl (C=O) groups excluding carboxylic acids is 2. The molecule has 0 aliphatic rings. The van der Waals surface area contributed by atoms with E-state index in [4.69, 9.17) is 0 Å². The molecule has 128 valence electrons. The van der Waals surface area contributed by atoms with Crippen LogP contribution in [0, 0.1) is 17.5 Å². The molecule has 2 amide bonds. The molecule has 0 heterocycles. The van der Waals surface area contributed by atoms with E-state index in [9.17, 15) is 22.8 Å². The molecular weight excluding hydrogens is 311 g/mol. The molecule has 2 atom stereocenters. The molecule has 23 heavy (non-hydrogen) atoms. The van der Waals surface area contributed by atoms with Gasteiger partial charge in [-0.2, -0.15) is 0 Å². The Kier molecular flexibility index (Phi) is 7.02. The van der Waals surface area contributed by atoms with Crippen LogP contribution < -0.4 is 15.5 Å². The Hall–Kier alpha value is -2.09. The fourth-order valence-electron chi connectivity index (χ4n) is 1.82. The summed E-state index contributed by atoms with van der Waals surface area (Å²) in [5.41, 5.74) is -0.441. The van der Waals surface area contributed by atoms with Crippen molar-refractivity contribution in [2.24, 2.45) is 0 Å². The maximum atomic E-state index is 13.5. The minimum Gasteiger partial charge on any atom is -0.351 e. The van der Waals surface area contributed by atoms with Crippen LogP contribution in [-0.2, 0) is 9.59 Å². The van der Waals surface area contributed by atoms with Crippen LogP contribution in [0.2, 0.25) is 0 Å². The van der Waals surface area contributed by atoms with E-state index in [1.54, 1.807) is 14.0 Å². The van der Waals surface area contributed by atoms with Crippen molar-refractivity contribution in [3.05, 3.63) is 29.6 Å². The van der Waals surface area contributed by atoms with Gasteiger partial charge in [0.05, 0.1) is 12.7 Å². The van der Waals surface area contributed by atoms with Crippen molar-refractivity contribution < 1.29 is 27.7 Å². The number of quaternary nitrogens is 1. The van der Waals surface area contributed by atoms with Gasteiger partial charge in [0.15, 0.2) is 30.0 Å². The van der Waals surface area contributed by atoms with Crippen molar-refractivity contribution in [2.45, 2.75) is 26.3 Å². The second-order valence-corrected chi connectivity index (χ2v) is 5.31. The van der Waals surface area contributed by atoms with E-state index in [2.05, 4.69) is 10.6 Å². The van der Waals surface area contributed by atoms with E-state index in [0.717, 1.165) is 18.6 Å². The molecule has 0 aliphatic heterocycles. The standard InChI is InChI=1S/C15H20F3N3O2/c1-4-7-19-12(22)8-21(3)9(2)15(23)20-11-6-5-10(16)13(17)14(11)18/h5-6,9H,4,7-8H2,1-3H3,(H,19,22)(H,20,23)/p+1/t9-/m0/s1. The fourth-order valence-corrected chi connectivity index (χ4v) is 1.82. The Bertz CT molecular complexity index is 581. The molecule has 1 aromatic rings. The summed E-state index contributed by atoms with van der Waals surface area (Å²) in [6.45, 7) is 4.08. The lowest BCUT2D eigenvalue weighted by Crippen LogP contribution is -3.15. The van der Waals surface area contributed by atoms with Crippen LogP contribution in [0.5, 0.6) is 0 Å². The summed E-state index contributed by atoms with van der Waals surface area (Å²) in [4.78, 5) is 24.3. The van der Waals surface area contributed by atoms with E-state index >= 15 is 0 Å². The third-order valence-electron chi connectivity index (χ3n) is 3.44. The highest BCUT2D eigenvalue weighted by molar-refractivity contribution is 5.93. The second-order valence-electron chi connectivity index (χ2n) is 5.31. The predicted molar refractivity (Wildman–Crippen MR) is 79.5 cm³/mol. The maximum absolute atomic E-state index is 13.5. The summed E-state index contributed by atoms with van der Waals surface area (Å²) in [6, 6.07) is 0.990. The topological polar surface area (TPSA) is 62.6 Å². The van der Waals surface area contributed by atoms with Crippen LogP contribution >= 0.6 is 0 Å². The molecule has 5 nitrogen and oxygen atoms in total. The number of benzene rings is 1. The van der Waals surface area contributed by atoms with Crippen LogP contribution in [0.25, 0.3) is 0 Å². The molecular formula is C15H21F3N3O2+. The Morgan fingerprint density at radius 1 is 1.22 bits per heavy atom. The highest BCUT2D eigenvalue weighted by Crippen LogP contribution is 2.19. The molecule has 8 heteroatoms. The largest absolute Gasteiger partial charge is 0.351 e.